The first-order chi connectivity index (χ1) is 17.6. The fourth-order valence-corrected chi connectivity index (χ4v) is 5.58. The van der Waals surface area contributed by atoms with Crippen LogP contribution in [0.25, 0.3) is 10.9 Å². The van der Waals surface area contributed by atoms with E-state index in [-0.39, 0.29) is 24.7 Å². The van der Waals surface area contributed by atoms with Crippen LogP contribution in [-0.4, -0.2) is 45.0 Å². The van der Waals surface area contributed by atoms with Crippen LogP contribution < -0.4 is 15.4 Å². The Hall–Kier alpha value is -3.93. The van der Waals surface area contributed by atoms with Crippen molar-refractivity contribution in [1.29, 1.82) is 0 Å². The number of rotatable bonds is 4. The Kier molecular flexibility index (Phi) is 5.80. The van der Waals surface area contributed by atoms with Crippen LogP contribution in [0.5, 0.6) is 5.75 Å². The van der Waals surface area contributed by atoms with Gasteiger partial charge in [0.25, 0.3) is 0 Å². The number of aliphatic hydroxyl groups is 1. The third kappa shape index (κ3) is 4.06. The number of nitrogens with one attached hydrogen (secondary N) is 1. The van der Waals surface area contributed by atoms with Crippen molar-refractivity contribution in [2.24, 2.45) is 11.1 Å². The number of aromatic amines is 1. The molecule has 1 aliphatic heterocycles. The number of aliphatic hydroxyl groups excluding tert-OH is 1. The quantitative estimate of drug-likeness (QED) is 0.385. The second-order valence-electron chi connectivity index (χ2n) is 9.60. The van der Waals surface area contributed by atoms with E-state index >= 15 is 0 Å². The molecule has 8 nitrogen and oxygen atoms in total. The van der Waals surface area contributed by atoms with Gasteiger partial charge in [-0.2, -0.15) is 5.10 Å². The van der Waals surface area contributed by atoms with Crippen molar-refractivity contribution in [3.05, 3.63) is 77.4 Å². The second kappa shape index (κ2) is 9.26. The van der Waals surface area contributed by atoms with E-state index in [9.17, 15) is 5.11 Å². The van der Waals surface area contributed by atoms with E-state index in [2.05, 4.69) is 61.2 Å². The van der Waals surface area contributed by atoms with Gasteiger partial charge in [-0.15, -0.1) is 0 Å². The molecule has 0 amide bonds. The minimum Gasteiger partial charge on any atom is -0.481 e. The summed E-state index contributed by atoms with van der Waals surface area (Å²) in [5.41, 5.74) is 11.5. The van der Waals surface area contributed by atoms with Gasteiger partial charge in [-0.05, 0) is 59.9 Å². The molecule has 4 N–H and O–H groups in total. The summed E-state index contributed by atoms with van der Waals surface area (Å²) in [6, 6.07) is 14.3. The van der Waals surface area contributed by atoms with E-state index in [4.69, 9.17) is 10.5 Å². The molecular weight excluding hydrogens is 452 g/mol. The highest BCUT2D eigenvalue weighted by Crippen LogP contribution is 2.51. The summed E-state index contributed by atoms with van der Waals surface area (Å²) in [5.74, 6) is 7.43. The molecule has 1 saturated heterocycles. The van der Waals surface area contributed by atoms with Crippen molar-refractivity contribution in [2.45, 2.75) is 31.9 Å². The number of piperidine rings is 1. The molecular formula is C28H28N6O2. The molecule has 1 atom stereocenters. The minimum absolute atomic E-state index is 0.0701. The molecule has 182 valence electrons. The van der Waals surface area contributed by atoms with Gasteiger partial charge < -0.3 is 20.5 Å². The Balaban J connectivity index is 1.10. The lowest BCUT2D eigenvalue weighted by molar-refractivity contribution is 0.186. The van der Waals surface area contributed by atoms with Gasteiger partial charge in [0.2, 0.25) is 0 Å². The largest absolute Gasteiger partial charge is 0.481 e. The molecule has 6 rings (SSSR count). The van der Waals surface area contributed by atoms with E-state index < -0.39 is 0 Å². The minimum atomic E-state index is -0.189. The zero-order valence-electron chi connectivity index (χ0n) is 19.9. The van der Waals surface area contributed by atoms with Gasteiger partial charge in [0, 0.05) is 24.5 Å². The number of nitrogens with two attached hydrogens (primary N) is 1. The highest BCUT2D eigenvalue weighted by molar-refractivity contribution is 5.79. The number of hydrogen-bond acceptors (Lipinski definition) is 7. The predicted molar refractivity (Wildman–Crippen MR) is 137 cm³/mol. The zero-order valence-corrected chi connectivity index (χ0v) is 19.9. The van der Waals surface area contributed by atoms with Gasteiger partial charge in [-0.25, -0.2) is 9.97 Å². The summed E-state index contributed by atoms with van der Waals surface area (Å²) in [6.07, 6.45) is 6.42. The summed E-state index contributed by atoms with van der Waals surface area (Å²) >= 11 is 0. The van der Waals surface area contributed by atoms with Crippen LogP contribution in [0.15, 0.2) is 54.9 Å². The molecule has 36 heavy (non-hydrogen) atoms. The second-order valence-corrected chi connectivity index (χ2v) is 9.60. The van der Waals surface area contributed by atoms with Crippen LogP contribution in [-0.2, 0) is 13.0 Å². The molecule has 1 fully saturated rings. The van der Waals surface area contributed by atoms with E-state index in [0.29, 0.717) is 11.4 Å². The number of hydrogen-bond donors (Lipinski definition) is 3. The molecule has 0 radical (unpaired) electrons. The van der Waals surface area contributed by atoms with Crippen molar-refractivity contribution < 1.29 is 9.84 Å². The standard InChI is InChI=1S/C28H28N6O2/c29-26-23-6-2-1-4-19(23)15-28(26)9-11-34(12-10-28)27-25(18-35)32-21(17-30-27)5-3-13-36-22-7-8-24-20(14-22)16-31-33-24/h1-2,4,6-8,14,16-17,26,35H,9-13,15,18,29H2,(H,31,33)/t26-/m1/s1. The molecule has 4 aromatic rings. The Labute approximate surface area is 209 Å². The number of aromatic nitrogens is 4. The first kappa shape index (κ1) is 22.5. The van der Waals surface area contributed by atoms with E-state index in [1.165, 1.54) is 11.1 Å². The lowest BCUT2D eigenvalue weighted by atomic mass is 9.73. The SMILES string of the molecule is N[C@@H]1c2ccccc2CC12CCN(c1ncc(C#CCOc3ccc4[nH]ncc4c3)nc1CO)CC2. The molecule has 0 saturated carbocycles. The highest BCUT2D eigenvalue weighted by Gasteiger charge is 2.46. The molecule has 0 bridgehead atoms. The average molecular weight is 481 g/mol. The van der Waals surface area contributed by atoms with Gasteiger partial charge in [0.15, 0.2) is 5.82 Å². The van der Waals surface area contributed by atoms with Crippen LogP contribution in [0.2, 0.25) is 0 Å². The van der Waals surface area contributed by atoms with Crippen molar-refractivity contribution >= 4 is 16.7 Å². The lowest BCUT2D eigenvalue weighted by Gasteiger charge is -2.42. The van der Waals surface area contributed by atoms with Crippen LogP contribution in [0.3, 0.4) is 0 Å². The summed E-state index contributed by atoms with van der Waals surface area (Å²) in [5, 5.41) is 17.9. The fourth-order valence-electron chi connectivity index (χ4n) is 5.58. The lowest BCUT2D eigenvalue weighted by Crippen LogP contribution is -2.45. The van der Waals surface area contributed by atoms with Gasteiger partial charge in [0.1, 0.15) is 23.7 Å². The third-order valence-corrected chi connectivity index (χ3v) is 7.56. The van der Waals surface area contributed by atoms with Gasteiger partial charge in [-0.1, -0.05) is 30.2 Å². The van der Waals surface area contributed by atoms with Gasteiger partial charge >= 0.3 is 0 Å². The number of anilines is 1. The van der Waals surface area contributed by atoms with Crippen LogP contribution in [0.4, 0.5) is 5.82 Å². The van der Waals surface area contributed by atoms with Crippen molar-refractivity contribution in [3.63, 3.8) is 0 Å². The van der Waals surface area contributed by atoms with Gasteiger partial charge in [0.05, 0.1) is 24.5 Å². The molecule has 8 heteroatoms. The number of H-pyrrole nitrogens is 1. The average Bonchev–Trinajstić information content (AvgIpc) is 3.49. The van der Waals surface area contributed by atoms with Crippen LogP contribution >= 0.6 is 0 Å². The molecule has 1 aliphatic carbocycles. The van der Waals surface area contributed by atoms with Crippen molar-refractivity contribution in [1.82, 2.24) is 20.2 Å². The monoisotopic (exact) mass is 480 g/mol. The Bertz CT molecular complexity index is 1460. The molecule has 2 aromatic heterocycles. The van der Waals surface area contributed by atoms with E-state index in [1.54, 1.807) is 12.4 Å². The Morgan fingerprint density at radius 2 is 2.03 bits per heavy atom. The maximum absolute atomic E-state index is 10.00. The first-order valence-corrected chi connectivity index (χ1v) is 12.3. The molecule has 3 heterocycles. The Morgan fingerprint density at radius 3 is 2.86 bits per heavy atom. The van der Waals surface area contributed by atoms with Gasteiger partial charge in [-0.3, -0.25) is 5.10 Å². The van der Waals surface area contributed by atoms with Crippen molar-refractivity contribution in [2.75, 3.05) is 24.6 Å². The summed E-state index contributed by atoms with van der Waals surface area (Å²) in [7, 11) is 0. The molecule has 2 aromatic carbocycles. The highest BCUT2D eigenvalue weighted by atomic mass is 16.5. The van der Waals surface area contributed by atoms with E-state index in [1.807, 2.05) is 18.2 Å². The number of ether oxygens (including phenoxy) is 1. The van der Waals surface area contributed by atoms with Crippen LogP contribution in [0, 0.1) is 17.3 Å². The van der Waals surface area contributed by atoms with Crippen molar-refractivity contribution in [3.8, 4) is 17.6 Å². The van der Waals surface area contributed by atoms with Crippen LogP contribution in [0.1, 0.15) is 41.4 Å². The normalized spacial score (nSPS) is 18.2. The topological polar surface area (TPSA) is 113 Å². The smallest absolute Gasteiger partial charge is 0.152 e. The molecule has 2 aliphatic rings. The number of nitrogens with zero attached hydrogens (tertiary/aromatic N) is 4. The molecule has 0 unspecified atom stereocenters. The molecule has 1 spiro atoms. The summed E-state index contributed by atoms with van der Waals surface area (Å²) < 4.78 is 5.73. The zero-order chi connectivity index (χ0) is 24.5. The third-order valence-electron chi connectivity index (χ3n) is 7.56. The maximum Gasteiger partial charge on any atom is 0.152 e. The van der Waals surface area contributed by atoms with E-state index in [0.717, 1.165) is 54.8 Å². The summed E-state index contributed by atoms with van der Waals surface area (Å²) in [4.78, 5) is 11.4. The number of fused-ring (bicyclic) bond motifs is 2. The number of benzene rings is 2. The first-order valence-electron chi connectivity index (χ1n) is 12.3. The fraction of sp³-hybridized carbons (Fsp3) is 0.321. The summed E-state index contributed by atoms with van der Waals surface area (Å²) in [6.45, 7) is 1.70. The maximum atomic E-state index is 10.00. The Morgan fingerprint density at radius 1 is 1.17 bits per heavy atom. The predicted octanol–water partition coefficient (Wildman–Crippen LogP) is 3.12.